The molecule has 2 aromatic rings. The molecule has 3 heterocycles. The molecule has 1 fully saturated rings. The summed E-state index contributed by atoms with van der Waals surface area (Å²) in [5.74, 6) is 1.03. The molecule has 30 heavy (non-hydrogen) atoms. The van der Waals surface area contributed by atoms with Crippen LogP contribution in [0.5, 0.6) is 6.01 Å². The highest BCUT2D eigenvalue weighted by atomic mass is 16.5. The van der Waals surface area contributed by atoms with Crippen LogP contribution in [0.4, 0.5) is 5.82 Å². The van der Waals surface area contributed by atoms with Gasteiger partial charge in [0, 0.05) is 11.8 Å². The molecule has 6 nitrogen and oxygen atoms in total. The number of piperidine rings is 1. The second kappa shape index (κ2) is 10.4. The molecule has 0 radical (unpaired) electrons. The molecular formula is C24H35N5O. The number of nitrogens with two attached hydrogens (primary N) is 1. The van der Waals surface area contributed by atoms with Crippen LogP contribution in [0.2, 0.25) is 0 Å². The number of hydrogen-bond donors (Lipinski definition) is 2. The highest BCUT2D eigenvalue weighted by molar-refractivity contribution is 5.87. The summed E-state index contributed by atoms with van der Waals surface area (Å²) >= 11 is 0. The smallest absolute Gasteiger partial charge is 0.319 e. The summed E-state index contributed by atoms with van der Waals surface area (Å²) in [5.41, 5.74) is 11.4. The molecule has 0 bridgehead atoms. The summed E-state index contributed by atoms with van der Waals surface area (Å²) in [6, 6.07) is 0.354. The Bertz CT molecular complexity index is 919. The minimum absolute atomic E-state index is 0.354. The quantitative estimate of drug-likeness (QED) is 0.465. The number of ether oxygens (including phenoxy) is 1. The van der Waals surface area contributed by atoms with Gasteiger partial charge in [0.25, 0.3) is 0 Å². The van der Waals surface area contributed by atoms with Gasteiger partial charge in [0.1, 0.15) is 11.0 Å². The van der Waals surface area contributed by atoms with Crippen LogP contribution in [0.25, 0.3) is 11.0 Å². The van der Waals surface area contributed by atoms with Gasteiger partial charge in [-0.05, 0) is 64.2 Å². The van der Waals surface area contributed by atoms with Crippen LogP contribution in [-0.4, -0.2) is 46.6 Å². The largest absolute Gasteiger partial charge is 0.463 e. The minimum atomic E-state index is 0.354. The Morgan fingerprint density at radius 3 is 2.80 bits per heavy atom. The van der Waals surface area contributed by atoms with E-state index in [1.807, 2.05) is 12.3 Å². The lowest BCUT2D eigenvalue weighted by atomic mass is 9.88. The Kier molecular flexibility index (Phi) is 7.69. The zero-order valence-electron chi connectivity index (χ0n) is 18.6. The Morgan fingerprint density at radius 1 is 1.33 bits per heavy atom. The van der Waals surface area contributed by atoms with Crippen molar-refractivity contribution in [3.63, 3.8) is 0 Å². The molecule has 3 N–H and O–H groups in total. The van der Waals surface area contributed by atoms with Crippen LogP contribution in [0, 0.1) is 5.92 Å². The van der Waals surface area contributed by atoms with E-state index in [4.69, 9.17) is 10.5 Å². The molecule has 0 spiro atoms. The molecule has 0 saturated carbocycles. The third-order valence-electron chi connectivity index (χ3n) is 5.80. The Morgan fingerprint density at radius 2 is 2.10 bits per heavy atom. The van der Waals surface area contributed by atoms with Crippen LogP contribution in [-0.2, 0) is 6.42 Å². The summed E-state index contributed by atoms with van der Waals surface area (Å²) in [7, 11) is 2.19. The Balaban J connectivity index is 1.74. The topological polar surface area (TPSA) is 80.1 Å². The molecule has 3 rings (SSSR count). The van der Waals surface area contributed by atoms with Gasteiger partial charge in [-0.25, -0.2) is 0 Å². The lowest BCUT2D eigenvalue weighted by Gasteiger charge is -2.29. The van der Waals surface area contributed by atoms with Crippen LogP contribution >= 0.6 is 0 Å². The standard InChI is InChI=1S/C24H35N5O/c1-5-7-14-30-24-27-21-20(16-26-22(21)23(25)28-24)15-17(3)8-9-18(6-2)19-10-12-29(4)13-11-19/h6,8-9,16,19,26H,2,5,7,10-15H2,1,3-4H3,(H2,25,27,28)/b17-8+,18-9+. The van der Waals surface area contributed by atoms with Crippen molar-refractivity contribution in [1.82, 2.24) is 19.9 Å². The predicted octanol–water partition coefficient (Wildman–Crippen LogP) is 4.66. The van der Waals surface area contributed by atoms with Gasteiger partial charge in [-0.1, -0.05) is 43.7 Å². The van der Waals surface area contributed by atoms with Crippen molar-refractivity contribution in [2.24, 2.45) is 5.92 Å². The number of likely N-dealkylation sites (tertiary alicyclic amines) is 1. The second-order valence-electron chi connectivity index (χ2n) is 8.27. The number of hydrogen-bond acceptors (Lipinski definition) is 5. The van der Waals surface area contributed by atoms with Crippen molar-refractivity contribution in [2.75, 3.05) is 32.5 Å². The first-order valence-electron chi connectivity index (χ1n) is 11.0. The zero-order valence-corrected chi connectivity index (χ0v) is 18.6. The zero-order chi connectivity index (χ0) is 21.5. The van der Waals surface area contributed by atoms with Gasteiger partial charge in [-0.2, -0.15) is 9.97 Å². The third-order valence-corrected chi connectivity index (χ3v) is 5.80. The molecule has 0 unspecified atom stereocenters. The SMILES string of the molecule is C=C/C(=C\C=C(/C)Cc1c[nH]c2c(N)nc(OCCCC)nc12)C1CCN(C)CC1. The normalized spacial score (nSPS) is 16.9. The number of unbranched alkanes of at least 4 members (excludes halogenated alkanes) is 1. The van der Waals surface area contributed by atoms with Crippen LogP contribution in [0.15, 0.2) is 42.2 Å². The monoisotopic (exact) mass is 409 g/mol. The molecule has 1 aliphatic rings. The molecule has 0 amide bonds. The number of nitrogens with one attached hydrogen (secondary N) is 1. The molecule has 0 atom stereocenters. The third kappa shape index (κ3) is 5.51. The predicted molar refractivity (Wildman–Crippen MR) is 125 cm³/mol. The number of allylic oxidation sites excluding steroid dienone is 5. The van der Waals surface area contributed by atoms with Crippen molar-refractivity contribution in [1.29, 1.82) is 0 Å². The fourth-order valence-corrected chi connectivity index (χ4v) is 3.88. The molecule has 2 aromatic heterocycles. The van der Waals surface area contributed by atoms with Gasteiger partial charge in [-0.3, -0.25) is 0 Å². The summed E-state index contributed by atoms with van der Waals surface area (Å²) < 4.78 is 5.68. The summed E-state index contributed by atoms with van der Waals surface area (Å²) in [5, 5.41) is 0. The van der Waals surface area contributed by atoms with E-state index in [-0.39, 0.29) is 0 Å². The van der Waals surface area contributed by atoms with Crippen molar-refractivity contribution >= 4 is 16.9 Å². The average Bonchev–Trinajstić information content (AvgIpc) is 3.13. The van der Waals surface area contributed by atoms with Gasteiger partial charge in [0.15, 0.2) is 5.82 Å². The fraction of sp³-hybridized carbons (Fsp3) is 0.500. The van der Waals surface area contributed by atoms with E-state index in [1.54, 1.807) is 0 Å². The maximum absolute atomic E-state index is 6.11. The molecule has 6 heteroatoms. The average molecular weight is 410 g/mol. The van der Waals surface area contributed by atoms with Gasteiger partial charge < -0.3 is 20.4 Å². The van der Waals surface area contributed by atoms with Crippen molar-refractivity contribution < 1.29 is 4.74 Å². The first-order valence-corrected chi connectivity index (χ1v) is 11.0. The fourth-order valence-electron chi connectivity index (χ4n) is 3.88. The van der Waals surface area contributed by atoms with Crippen molar-refractivity contribution in [2.45, 2.75) is 46.0 Å². The molecule has 0 aromatic carbocycles. The molecule has 1 aliphatic heterocycles. The maximum atomic E-state index is 6.11. The lowest BCUT2D eigenvalue weighted by Crippen LogP contribution is -2.30. The number of anilines is 1. The van der Waals surface area contributed by atoms with Gasteiger partial charge in [-0.15, -0.1) is 0 Å². The highest BCUT2D eigenvalue weighted by Gasteiger charge is 2.18. The minimum Gasteiger partial charge on any atom is -0.463 e. The van der Waals surface area contributed by atoms with E-state index in [2.05, 4.69) is 59.5 Å². The van der Waals surface area contributed by atoms with E-state index in [1.165, 1.54) is 24.0 Å². The van der Waals surface area contributed by atoms with E-state index in [0.717, 1.165) is 48.9 Å². The number of nitrogens with zero attached hydrogens (tertiary/aromatic N) is 3. The second-order valence-corrected chi connectivity index (χ2v) is 8.27. The lowest BCUT2D eigenvalue weighted by molar-refractivity contribution is 0.240. The van der Waals surface area contributed by atoms with Crippen LogP contribution in [0.1, 0.15) is 45.1 Å². The number of fused-ring (bicyclic) bond motifs is 1. The first kappa shape index (κ1) is 22.1. The van der Waals surface area contributed by atoms with Gasteiger partial charge in [0.05, 0.1) is 6.61 Å². The molecule has 1 saturated heterocycles. The van der Waals surface area contributed by atoms with Crippen molar-refractivity contribution in [3.05, 3.63) is 47.7 Å². The van der Waals surface area contributed by atoms with Crippen LogP contribution in [0.3, 0.4) is 0 Å². The Labute approximate surface area is 179 Å². The number of aromatic amines is 1. The number of aromatic nitrogens is 3. The van der Waals surface area contributed by atoms with E-state index < -0.39 is 0 Å². The summed E-state index contributed by atoms with van der Waals surface area (Å²) in [4.78, 5) is 14.5. The van der Waals surface area contributed by atoms with E-state index >= 15 is 0 Å². The van der Waals surface area contributed by atoms with Crippen molar-refractivity contribution in [3.8, 4) is 6.01 Å². The van der Waals surface area contributed by atoms with E-state index in [0.29, 0.717) is 24.4 Å². The van der Waals surface area contributed by atoms with E-state index in [9.17, 15) is 0 Å². The maximum Gasteiger partial charge on any atom is 0.319 e. The number of rotatable bonds is 9. The molecular weight excluding hydrogens is 374 g/mol. The first-order chi connectivity index (χ1) is 14.5. The number of H-pyrrole nitrogens is 1. The summed E-state index contributed by atoms with van der Waals surface area (Å²) in [6.45, 7) is 11.2. The number of nitrogen functional groups attached to an aromatic ring is 1. The molecule has 162 valence electrons. The summed E-state index contributed by atoms with van der Waals surface area (Å²) in [6.07, 6.45) is 13.6. The van der Waals surface area contributed by atoms with Crippen LogP contribution < -0.4 is 10.5 Å². The molecule has 0 aliphatic carbocycles. The Hall–Kier alpha value is -2.60. The van der Waals surface area contributed by atoms with Gasteiger partial charge >= 0.3 is 6.01 Å². The van der Waals surface area contributed by atoms with Gasteiger partial charge in [0.2, 0.25) is 0 Å². The highest BCUT2D eigenvalue weighted by Crippen LogP contribution is 2.27.